The molecule has 0 radical (unpaired) electrons. The number of anilines is 2. The molecule has 2 amide bonds. The average molecular weight is 480 g/mol. The van der Waals surface area contributed by atoms with Gasteiger partial charge in [-0.2, -0.15) is 0 Å². The Morgan fingerprint density at radius 3 is 2.50 bits per heavy atom. The van der Waals surface area contributed by atoms with Crippen LogP contribution in [0.15, 0.2) is 42.0 Å². The Morgan fingerprint density at radius 1 is 1.18 bits per heavy atom. The Bertz CT molecular complexity index is 1230. The molecule has 2 aliphatic heterocycles. The number of nitrogens with one attached hydrogen (secondary N) is 1. The van der Waals surface area contributed by atoms with E-state index in [1.54, 1.807) is 12.1 Å². The summed E-state index contributed by atoms with van der Waals surface area (Å²) in [5, 5.41) is 2.40. The number of benzene rings is 2. The van der Waals surface area contributed by atoms with Crippen molar-refractivity contribution in [1.29, 1.82) is 0 Å². The van der Waals surface area contributed by atoms with Crippen LogP contribution in [0.25, 0.3) is 6.08 Å². The van der Waals surface area contributed by atoms with Crippen molar-refractivity contribution in [3.05, 3.63) is 64.5 Å². The van der Waals surface area contributed by atoms with Gasteiger partial charge in [-0.1, -0.05) is 19.1 Å². The second kappa shape index (κ2) is 8.62. The molecular formula is C27H30FN3O2S. The van der Waals surface area contributed by atoms with Crippen molar-refractivity contribution in [3.63, 3.8) is 0 Å². The monoisotopic (exact) mass is 479 g/mol. The van der Waals surface area contributed by atoms with E-state index < -0.39 is 17.6 Å². The molecule has 1 atom stereocenters. The fourth-order valence-electron chi connectivity index (χ4n) is 5.41. The summed E-state index contributed by atoms with van der Waals surface area (Å²) in [7, 11) is 0. The van der Waals surface area contributed by atoms with Crippen molar-refractivity contribution in [3.8, 4) is 0 Å². The molecule has 5 nitrogen and oxygen atoms in total. The molecule has 1 N–H and O–H groups in total. The number of aryl methyl sites for hydroxylation is 1. The molecule has 0 aliphatic carbocycles. The Hall–Kier alpha value is -3.06. The summed E-state index contributed by atoms with van der Waals surface area (Å²) in [6, 6.07) is 10.4. The van der Waals surface area contributed by atoms with Crippen molar-refractivity contribution < 1.29 is 14.0 Å². The maximum absolute atomic E-state index is 14.4. The first-order valence-electron chi connectivity index (χ1n) is 11.5. The number of hydrogen-bond acceptors (Lipinski definition) is 4. The molecule has 4 rings (SSSR count). The van der Waals surface area contributed by atoms with E-state index in [2.05, 4.69) is 57.0 Å². The van der Waals surface area contributed by atoms with Gasteiger partial charge < -0.3 is 4.90 Å². The van der Waals surface area contributed by atoms with E-state index in [4.69, 9.17) is 12.2 Å². The molecule has 34 heavy (non-hydrogen) atoms. The SMILES string of the molecule is Cc1cc2c(cc1/C=C1\C(=O)NC(=S)N(c3ccccc3F)C1=O)C(C)CC(C)(C)N2C(C)C. The van der Waals surface area contributed by atoms with Gasteiger partial charge in [0.25, 0.3) is 11.8 Å². The molecule has 2 aromatic carbocycles. The van der Waals surface area contributed by atoms with Crippen molar-refractivity contribution >= 4 is 46.6 Å². The maximum atomic E-state index is 14.4. The van der Waals surface area contributed by atoms with Gasteiger partial charge in [0.2, 0.25) is 0 Å². The van der Waals surface area contributed by atoms with Gasteiger partial charge in [-0.3, -0.25) is 14.9 Å². The Kier molecular flexibility index (Phi) is 6.10. The highest BCUT2D eigenvalue weighted by atomic mass is 32.1. The maximum Gasteiger partial charge on any atom is 0.270 e. The molecule has 0 saturated carbocycles. The highest BCUT2D eigenvalue weighted by Crippen LogP contribution is 2.45. The Balaban J connectivity index is 1.80. The third kappa shape index (κ3) is 4.02. The highest BCUT2D eigenvalue weighted by molar-refractivity contribution is 7.80. The van der Waals surface area contributed by atoms with Gasteiger partial charge in [-0.15, -0.1) is 0 Å². The zero-order valence-corrected chi connectivity index (χ0v) is 21.2. The summed E-state index contributed by atoms with van der Waals surface area (Å²) in [5.41, 5.74) is 4.06. The predicted octanol–water partition coefficient (Wildman–Crippen LogP) is 5.47. The van der Waals surface area contributed by atoms with E-state index in [9.17, 15) is 14.0 Å². The number of para-hydroxylation sites is 1. The van der Waals surface area contributed by atoms with Gasteiger partial charge in [0.15, 0.2) is 5.11 Å². The van der Waals surface area contributed by atoms with E-state index in [0.29, 0.717) is 12.0 Å². The number of fused-ring (bicyclic) bond motifs is 1. The zero-order valence-electron chi connectivity index (χ0n) is 20.4. The first-order valence-corrected chi connectivity index (χ1v) is 11.9. The summed E-state index contributed by atoms with van der Waals surface area (Å²) < 4.78 is 14.4. The molecule has 7 heteroatoms. The summed E-state index contributed by atoms with van der Waals surface area (Å²) >= 11 is 5.19. The highest BCUT2D eigenvalue weighted by Gasteiger charge is 2.39. The first-order chi connectivity index (χ1) is 15.9. The van der Waals surface area contributed by atoms with Crippen molar-refractivity contribution in [2.45, 2.75) is 65.5 Å². The smallest absolute Gasteiger partial charge is 0.270 e. The summed E-state index contributed by atoms with van der Waals surface area (Å²) in [6.45, 7) is 13.1. The van der Waals surface area contributed by atoms with Gasteiger partial charge in [-0.25, -0.2) is 9.29 Å². The van der Waals surface area contributed by atoms with Crippen LogP contribution in [0, 0.1) is 12.7 Å². The second-order valence-corrected chi connectivity index (χ2v) is 10.4. The first kappa shape index (κ1) is 24.1. The molecule has 0 bridgehead atoms. The normalized spacial score (nSPS) is 21.2. The van der Waals surface area contributed by atoms with Crippen LogP contribution in [-0.4, -0.2) is 28.5 Å². The van der Waals surface area contributed by atoms with E-state index in [1.165, 1.54) is 29.4 Å². The molecule has 178 valence electrons. The van der Waals surface area contributed by atoms with Gasteiger partial charge in [0, 0.05) is 17.3 Å². The lowest BCUT2D eigenvalue weighted by Gasteiger charge is -2.50. The molecule has 2 heterocycles. The minimum atomic E-state index is -0.644. The van der Waals surface area contributed by atoms with Crippen LogP contribution in [-0.2, 0) is 9.59 Å². The van der Waals surface area contributed by atoms with Crippen molar-refractivity contribution in [2.24, 2.45) is 0 Å². The van der Waals surface area contributed by atoms with E-state index in [-0.39, 0.29) is 21.9 Å². The number of carbonyl (C=O) groups excluding carboxylic acids is 2. The Morgan fingerprint density at radius 2 is 1.85 bits per heavy atom. The molecule has 1 saturated heterocycles. The minimum Gasteiger partial charge on any atom is -0.364 e. The van der Waals surface area contributed by atoms with Crippen LogP contribution >= 0.6 is 12.2 Å². The lowest BCUT2D eigenvalue weighted by molar-refractivity contribution is -0.122. The van der Waals surface area contributed by atoms with Crippen LogP contribution in [0.3, 0.4) is 0 Å². The molecule has 0 aromatic heterocycles. The molecule has 2 aliphatic rings. The van der Waals surface area contributed by atoms with Gasteiger partial charge in [0.05, 0.1) is 5.69 Å². The zero-order chi connectivity index (χ0) is 24.9. The van der Waals surface area contributed by atoms with E-state index in [1.807, 2.05) is 6.92 Å². The topological polar surface area (TPSA) is 52.7 Å². The fraction of sp³-hybridized carbons (Fsp3) is 0.370. The van der Waals surface area contributed by atoms with Gasteiger partial charge in [0.1, 0.15) is 11.4 Å². The number of carbonyl (C=O) groups is 2. The Labute approximate surface area is 205 Å². The number of hydrogen-bond donors (Lipinski definition) is 1. The number of halogens is 1. The second-order valence-electron chi connectivity index (χ2n) is 10.1. The minimum absolute atomic E-state index is 0.00833. The molecule has 1 unspecified atom stereocenters. The lowest BCUT2D eigenvalue weighted by atomic mass is 9.78. The molecule has 2 aromatic rings. The third-order valence-corrected chi connectivity index (χ3v) is 6.96. The van der Waals surface area contributed by atoms with Gasteiger partial charge >= 0.3 is 0 Å². The summed E-state index contributed by atoms with van der Waals surface area (Å²) in [5.74, 6) is -1.51. The van der Waals surface area contributed by atoms with Crippen LogP contribution in [0.2, 0.25) is 0 Å². The fourth-order valence-corrected chi connectivity index (χ4v) is 5.69. The largest absolute Gasteiger partial charge is 0.364 e. The van der Waals surface area contributed by atoms with Crippen molar-refractivity contribution in [1.82, 2.24) is 5.32 Å². The molecule has 1 fully saturated rings. The van der Waals surface area contributed by atoms with E-state index in [0.717, 1.165) is 22.4 Å². The predicted molar refractivity (Wildman–Crippen MR) is 139 cm³/mol. The lowest BCUT2D eigenvalue weighted by Crippen LogP contribution is -2.54. The molecular weight excluding hydrogens is 449 g/mol. The number of amides is 2. The third-order valence-electron chi connectivity index (χ3n) is 6.67. The average Bonchev–Trinajstić information content (AvgIpc) is 2.72. The van der Waals surface area contributed by atoms with Crippen LogP contribution in [0.5, 0.6) is 0 Å². The van der Waals surface area contributed by atoms with Gasteiger partial charge in [-0.05, 0) is 106 Å². The van der Waals surface area contributed by atoms with Crippen molar-refractivity contribution in [2.75, 3.05) is 9.80 Å². The summed E-state index contributed by atoms with van der Waals surface area (Å²) in [4.78, 5) is 29.6. The van der Waals surface area contributed by atoms with E-state index >= 15 is 0 Å². The van der Waals surface area contributed by atoms with Crippen LogP contribution in [0.4, 0.5) is 15.8 Å². The standard InChI is InChI=1S/C27H30FN3O2S/c1-15(2)31-23-11-16(3)18(12-19(23)17(4)14-27(31,5)6)13-20-24(32)29-26(34)30(25(20)33)22-10-8-7-9-21(22)28/h7-13,15,17H,14H2,1-6H3,(H,29,32,34)/b20-13+. The molecule has 0 spiro atoms. The quantitative estimate of drug-likeness (QED) is 0.361. The summed E-state index contributed by atoms with van der Waals surface area (Å²) in [6.07, 6.45) is 2.58. The number of thiocarbonyl (C=S) groups is 1. The van der Waals surface area contributed by atoms with Crippen LogP contribution < -0.4 is 15.1 Å². The number of nitrogens with zero attached hydrogens (tertiary/aromatic N) is 2. The van der Waals surface area contributed by atoms with Crippen LogP contribution in [0.1, 0.15) is 63.6 Å². The number of rotatable bonds is 3.